The lowest BCUT2D eigenvalue weighted by Gasteiger charge is -2.41. The van der Waals surface area contributed by atoms with E-state index in [1.165, 1.54) is 7.11 Å². The van der Waals surface area contributed by atoms with E-state index in [2.05, 4.69) is 5.32 Å². The molecular formula is C18H22F3NO4. The second-order valence-electron chi connectivity index (χ2n) is 6.29. The molecule has 8 heteroatoms. The number of hydrogen-bond donors (Lipinski definition) is 1. The number of benzene rings is 1. The molecule has 1 aromatic rings. The van der Waals surface area contributed by atoms with Gasteiger partial charge in [0.2, 0.25) is 0 Å². The first-order valence-corrected chi connectivity index (χ1v) is 8.42. The summed E-state index contributed by atoms with van der Waals surface area (Å²) in [5.41, 5.74) is -0.625. The predicted octanol–water partition coefficient (Wildman–Crippen LogP) is 3.32. The van der Waals surface area contributed by atoms with Crippen molar-refractivity contribution in [3.8, 4) is 5.75 Å². The SMILES string of the molecule is CCOC(=O)C1CCC(NC(=O)C(F)(F)F)(c2ccc(OC)cc2)CC1. The fourth-order valence-electron chi connectivity index (χ4n) is 3.29. The van der Waals surface area contributed by atoms with E-state index in [1.54, 1.807) is 31.2 Å². The second-order valence-corrected chi connectivity index (χ2v) is 6.29. The number of esters is 1. The molecule has 1 aromatic carbocycles. The number of nitrogens with one attached hydrogen (secondary N) is 1. The topological polar surface area (TPSA) is 64.6 Å². The maximum absolute atomic E-state index is 12.8. The maximum Gasteiger partial charge on any atom is 0.471 e. The zero-order valence-corrected chi connectivity index (χ0v) is 14.7. The molecule has 0 radical (unpaired) electrons. The van der Waals surface area contributed by atoms with Crippen molar-refractivity contribution in [2.45, 2.75) is 44.3 Å². The minimum Gasteiger partial charge on any atom is -0.497 e. The van der Waals surface area contributed by atoms with Gasteiger partial charge in [-0.3, -0.25) is 9.59 Å². The molecule has 1 saturated carbocycles. The lowest BCUT2D eigenvalue weighted by atomic mass is 9.72. The van der Waals surface area contributed by atoms with E-state index in [9.17, 15) is 22.8 Å². The number of hydrogen-bond acceptors (Lipinski definition) is 4. The molecule has 1 fully saturated rings. The number of carbonyl (C=O) groups is 2. The third kappa shape index (κ3) is 4.47. The average Bonchev–Trinajstić information content (AvgIpc) is 2.61. The Morgan fingerprint density at radius 3 is 2.23 bits per heavy atom. The van der Waals surface area contributed by atoms with Gasteiger partial charge in [0.25, 0.3) is 0 Å². The van der Waals surface area contributed by atoms with Crippen LogP contribution in [0, 0.1) is 5.92 Å². The van der Waals surface area contributed by atoms with Crippen molar-refractivity contribution < 1.29 is 32.2 Å². The number of alkyl halides is 3. The fraction of sp³-hybridized carbons (Fsp3) is 0.556. The summed E-state index contributed by atoms with van der Waals surface area (Å²) >= 11 is 0. The van der Waals surface area contributed by atoms with Gasteiger partial charge in [-0.25, -0.2) is 0 Å². The average molecular weight is 373 g/mol. The molecule has 1 amide bonds. The van der Waals surface area contributed by atoms with Crippen molar-refractivity contribution in [2.75, 3.05) is 13.7 Å². The van der Waals surface area contributed by atoms with Crippen molar-refractivity contribution in [3.05, 3.63) is 29.8 Å². The molecule has 1 aliphatic rings. The highest BCUT2D eigenvalue weighted by molar-refractivity contribution is 5.82. The molecule has 144 valence electrons. The summed E-state index contributed by atoms with van der Waals surface area (Å²) in [7, 11) is 1.49. The summed E-state index contributed by atoms with van der Waals surface area (Å²) in [6.45, 7) is 1.95. The van der Waals surface area contributed by atoms with Gasteiger partial charge in [-0.05, 0) is 50.3 Å². The monoisotopic (exact) mass is 373 g/mol. The van der Waals surface area contributed by atoms with Crippen LogP contribution in [-0.2, 0) is 19.9 Å². The van der Waals surface area contributed by atoms with E-state index in [-0.39, 0.29) is 31.3 Å². The highest BCUT2D eigenvalue weighted by atomic mass is 19.4. The van der Waals surface area contributed by atoms with Crippen LogP contribution >= 0.6 is 0 Å². The number of halogens is 3. The van der Waals surface area contributed by atoms with Gasteiger partial charge in [0.1, 0.15) is 5.75 Å². The summed E-state index contributed by atoms with van der Waals surface area (Å²) in [5.74, 6) is -2.14. The van der Waals surface area contributed by atoms with Crippen LogP contribution in [-0.4, -0.2) is 31.8 Å². The third-order valence-electron chi connectivity index (χ3n) is 4.71. The van der Waals surface area contributed by atoms with Crippen LogP contribution in [0.25, 0.3) is 0 Å². The van der Waals surface area contributed by atoms with Crippen molar-refractivity contribution >= 4 is 11.9 Å². The van der Waals surface area contributed by atoms with Gasteiger partial charge in [-0.15, -0.1) is 0 Å². The summed E-state index contributed by atoms with van der Waals surface area (Å²) in [6.07, 6.45) is -3.88. The van der Waals surface area contributed by atoms with E-state index in [0.29, 0.717) is 24.2 Å². The van der Waals surface area contributed by atoms with E-state index in [0.717, 1.165) is 0 Å². The second kappa shape index (κ2) is 7.97. The van der Waals surface area contributed by atoms with Gasteiger partial charge in [0.05, 0.1) is 25.2 Å². The van der Waals surface area contributed by atoms with Gasteiger partial charge in [0.15, 0.2) is 0 Å². The minimum atomic E-state index is -4.97. The molecule has 26 heavy (non-hydrogen) atoms. The van der Waals surface area contributed by atoms with Gasteiger partial charge < -0.3 is 14.8 Å². The Kier molecular flexibility index (Phi) is 6.15. The first-order valence-electron chi connectivity index (χ1n) is 8.42. The number of amides is 1. The lowest BCUT2D eigenvalue weighted by molar-refractivity contribution is -0.176. The lowest BCUT2D eigenvalue weighted by Crippen LogP contribution is -2.52. The molecule has 5 nitrogen and oxygen atoms in total. The van der Waals surface area contributed by atoms with E-state index < -0.39 is 17.6 Å². The standard InChI is InChI=1S/C18H22F3NO4/c1-3-26-15(23)12-8-10-17(11-9-12,22-16(24)18(19,20)21)13-4-6-14(25-2)7-5-13/h4-7,12H,3,8-11H2,1-2H3,(H,22,24). The molecule has 0 atom stereocenters. The highest BCUT2D eigenvalue weighted by Crippen LogP contribution is 2.41. The molecule has 2 rings (SSSR count). The Labute approximate surface area is 149 Å². The normalized spacial score (nSPS) is 23.2. The van der Waals surface area contributed by atoms with Crippen LogP contribution in [0.1, 0.15) is 38.2 Å². The van der Waals surface area contributed by atoms with E-state index >= 15 is 0 Å². The molecule has 0 aliphatic heterocycles. The smallest absolute Gasteiger partial charge is 0.471 e. The molecular weight excluding hydrogens is 351 g/mol. The number of rotatable bonds is 5. The van der Waals surface area contributed by atoms with Crippen LogP contribution in [0.15, 0.2) is 24.3 Å². The van der Waals surface area contributed by atoms with Crippen molar-refractivity contribution in [1.82, 2.24) is 5.32 Å². The van der Waals surface area contributed by atoms with E-state index in [4.69, 9.17) is 9.47 Å². The molecule has 0 unspecified atom stereocenters. The number of methoxy groups -OCH3 is 1. The number of ether oxygens (including phenoxy) is 2. The Morgan fingerprint density at radius 2 is 1.77 bits per heavy atom. The summed E-state index contributed by atoms with van der Waals surface area (Å²) < 4.78 is 48.5. The molecule has 1 aliphatic carbocycles. The Morgan fingerprint density at radius 1 is 1.19 bits per heavy atom. The minimum absolute atomic E-state index is 0.213. The number of carbonyl (C=O) groups excluding carboxylic acids is 2. The maximum atomic E-state index is 12.8. The van der Waals surface area contributed by atoms with Gasteiger partial charge >= 0.3 is 18.1 Å². The van der Waals surface area contributed by atoms with E-state index in [1.807, 2.05) is 0 Å². The molecule has 0 saturated heterocycles. The van der Waals surface area contributed by atoms with Gasteiger partial charge in [-0.1, -0.05) is 12.1 Å². The molecule has 0 bridgehead atoms. The summed E-state index contributed by atoms with van der Waals surface area (Å²) in [5, 5.41) is 2.16. The third-order valence-corrected chi connectivity index (χ3v) is 4.71. The largest absolute Gasteiger partial charge is 0.497 e. The quantitative estimate of drug-likeness (QED) is 0.805. The Hall–Kier alpha value is -2.25. The Bertz CT molecular complexity index is 635. The van der Waals surface area contributed by atoms with Crippen LogP contribution in [0.4, 0.5) is 13.2 Å². The fourth-order valence-corrected chi connectivity index (χ4v) is 3.29. The zero-order chi connectivity index (χ0) is 19.4. The molecule has 0 heterocycles. The van der Waals surface area contributed by atoms with Crippen LogP contribution in [0.2, 0.25) is 0 Å². The highest BCUT2D eigenvalue weighted by Gasteiger charge is 2.46. The molecule has 0 aromatic heterocycles. The molecule has 0 spiro atoms. The zero-order valence-electron chi connectivity index (χ0n) is 14.7. The van der Waals surface area contributed by atoms with Gasteiger partial charge in [-0.2, -0.15) is 13.2 Å². The summed E-state index contributed by atoms with van der Waals surface area (Å²) in [6, 6.07) is 6.54. The van der Waals surface area contributed by atoms with Crippen LogP contribution in [0.3, 0.4) is 0 Å². The van der Waals surface area contributed by atoms with Crippen LogP contribution in [0.5, 0.6) is 5.75 Å². The van der Waals surface area contributed by atoms with Crippen molar-refractivity contribution in [3.63, 3.8) is 0 Å². The first-order chi connectivity index (χ1) is 12.2. The van der Waals surface area contributed by atoms with Crippen LogP contribution < -0.4 is 10.1 Å². The Balaban J connectivity index is 2.26. The van der Waals surface area contributed by atoms with Crippen molar-refractivity contribution in [2.24, 2.45) is 5.92 Å². The first kappa shape index (κ1) is 20.1. The molecule has 1 N–H and O–H groups in total. The van der Waals surface area contributed by atoms with Crippen molar-refractivity contribution in [1.29, 1.82) is 0 Å². The summed E-state index contributed by atoms with van der Waals surface area (Å²) in [4.78, 5) is 23.5. The van der Waals surface area contributed by atoms with Gasteiger partial charge in [0, 0.05) is 0 Å². The predicted molar refractivity (Wildman–Crippen MR) is 87.5 cm³/mol.